The van der Waals surface area contributed by atoms with E-state index in [1.807, 2.05) is 12.1 Å². The summed E-state index contributed by atoms with van der Waals surface area (Å²) in [6.45, 7) is 3.39. The van der Waals surface area contributed by atoms with Crippen LogP contribution >= 0.6 is 22.9 Å². The highest BCUT2D eigenvalue weighted by atomic mass is 35.5. The van der Waals surface area contributed by atoms with Crippen molar-refractivity contribution in [3.63, 3.8) is 0 Å². The Labute approximate surface area is 131 Å². The van der Waals surface area contributed by atoms with Gasteiger partial charge in [-0.2, -0.15) is 0 Å². The monoisotopic (exact) mass is 321 g/mol. The number of carbonyl (C=O) groups is 2. The van der Waals surface area contributed by atoms with Gasteiger partial charge in [-0.25, -0.2) is 4.79 Å². The molecule has 1 aromatic carbocycles. The van der Waals surface area contributed by atoms with E-state index in [1.165, 1.54) is 18.4 Å². The maximum Gasteiger partial charge on any atom is 0.350 e. The number of methoxy groups -OCH3 is 1. The molecule has 0 aliphatic carbocycles. The number of hydrogen-bond donors (Lipinski definition) is 1. The molecule has 0 radical (unpaired) electrons. The number of rotatable bonds is 4. The number of ether oxygens (including phenoxy) is 1. The summed E-state index contributed by atoms with van der Waals surface area (Å²) in [7, 11) is 1.29. The zero-order chi connectivity index (χ0) is 15.4. The van der Waals surface area contributed by atoms with Crippen LogP contribution in [0.5, 0.6) is 0 Å². The van der Waals surface area contributed by atoms with Gasteiger partial charge < -0.3 is 10.1 Å². The number of hydrogen-bond acceptors (Lipinski definition) is 4. The summed E-state index contributed by atoms with van der Waals surface area (Å²) in [5, 5.41) is 3.23. The lowest BCUT2D eigenvalue weighted by atomic mass is 10.2. The van der Waals surface area contributed by atoms with E-state index in [0.29, 0.717) is 15.6 Å². The van der Waals surface area contributed by atoms with Gasteiger partial charge in [-0.05, 0) is 29.8 Å². The molecular weight excluding hydrogens is 310 g/mol. The van der Waals surface area contributed by atoms with Gasteiger partial charge in [0.15, 0.2) is 0 Å². The molecule has 1 amide bonds. The third kappa shape index (κ3) is 3.51. The van der Waals surface area contributed by atoms with Crippen molar-refractivity contribution in [2.75, 3.05) is 12.4 Å². The Kier molecular flexibility index (Phi) is 4.77. The van der Waals surface area contributed by atoms with Gasteiger partial charge >= 0.3 is 5.97 Å². The Bertz CT molecular complexity index is 691. The summed E-state index contributed by atoms with van der Waals surface area (Å²) in [6, 6.07) is 8.93. The Morgan fingerprint density at radius 1 is 1.33 bits per heavy atom. The van der Waals surface area contributed by atoms with Gasteiger partial charge in [-0.1, -0.05) is 30.3 Å². The second-order valence-corrected chi connectivity index (χ2v) is 5.53. The van der Waals surface area contributed by atoms with Crippen molar-refractivity contribution in [1.82, 2.24) is 0 Å². The second kappa shape index (κ2) is 6.56. The van der Waals surface area contributed by atoms with Crippen molar-refractivity contribution < 1.29 is 14.3 Å². The first-order valence-corrected chi connectivity index (χ1v) is 7.16. The average Bonchev–Trinajstić information content (AvgIpc) is 2.90. The minimum absolute atomic E-state index is 0.331. The minimum Gasteiger partial charge on any atom is -0.465 e. The Balaban J connectivity index is 2.44. The zero-order valence-electron chi connectivity index (χ0n) is 11.2. The molecule has 1 aromatic heterocycles. The number of anilines is 1. The fourth-order valence-corrected chi connectivity index (χ4v) is 2.83. The van der Waals surface area contributed by atoms with Gasteiger partial charge in [-0.3, -0.25) is 4.79 Å². The smallest absolute Gasteiger partial charge is 0.350 e. The molecule has 0 aliphatic heterocycles. The van der Waals surface area contributed by atoms with Gasteiger partial charge in [0.2, 0.25) is 5.91 Å². The normalized spacial score (nSPS) is 10.0. The van der Waals surface area contributed by atoms with E-state index in [0.717, 1.165) is 16.5 Å². The molecule has 0 saturated heterocycles. The van der Waals surface area contributed by atoms with Gasteiger partial charge in [0.05, 0.1) is 12.8 Å². The first-order chi connectivity index (χ1) is 10.0. The topological polar surface area (TPSA) is 55.4 Å². The third-order valence-corrected chi connectivity index (χ3v) is 4.09. The number of esters is 1. The van der Waals surface area contributed by atoms with Gasteiger partial charge in [0, 0.05) is 9.90 Å². The number of halogens is 1. The first-order valence-electron chi connectivity index (χ1n) is 5.96. The highest BCUT2D eigenvalue weighted by molar-refractivity contribution is 7.18. The molecule has 0 bridgehead atoms. The SMILES string of the molecule is C=CC(=O)Nc1cc(-c2ccc(Cl)cc2)sc1C(=O)OC. The van der Waals surface area contributed by atoms with Crippen LogP contribution in [0.15, 0.2) is 43.0 Å². The predicted octanol–water partition coefficient (Wildman–Crippen LogP) is 3.98. The zero-order valence-corrected chi connectivity index (χ0v) is 12.8. The largest absolute Gasteiger partial charge is 0.465 e. The van der Waals surface area contributed by atoms with E-state index in [4.69, 9.17) is 16.3 Å². The molecule has 1 N–H and O–H groups in total. The summed E-state index contributed by atoms with van der Waals surface area (Å²) in [4.78, 5) is 24.4. The minimum atomic E-state index is -0.500. The van der Waals surface area contributed by atoms with E-state index in [-0.39, 0.29) is 5.91 Å². The lowest BCUT2D eigenvalue weighted by Gasteiger charge is -2.01. The lowest BCUT2D eigenvalue weighted by Crippen LogP contribution is -2.10. The molecule has 4 nitrogen and oxygen atoms in total. The standard InChI is InChI=1S/C15H12ClNO3S/c1-3-13(18)17-11-8-12(21-14(11)15(19)20-2)9-4-6-10(16)7-5-9/h3-8H,1H2,2H3,(H,17,18). The average molecular weight is 322 g/mol. The molecule has 108 valence electrons. The summed E-state index contributed by atoms with van der Waals surface area (Å²) in [6.07, 6.45) is 1.14. The highest BCUT2D eigenvalue weighted by Crippen LogP contribution is 2.35. The molecular formula is C15H12ClNO3S. The van der Waals surface area contributed by atoms with Crippen LogP contribution in [0.25, 0.3) is 10.4 Å². The highest BCUT2D eigenvalue weighted by Gasteiger charge is 2.18. The van der Waals surface area contributed by atoms with Crippen LogP contribution in [-0.2, 0) is 9.53 Å². The number of thiophene rings is 1. The molecule has 2 rings (SSSR count). The van der Waals surface area contributed by atoms with Crippen LogP contribution in [-0.4, -0.2) is 19.0 Å². The van der Waals surface area contributed by atoms with Crippen molar-refractivity contribution in [2.45, 2.75) is 0 Å². The maximum absolute atomic E-state index is 11.8. The maximum atomic E-state index is 11.8. The van der Waals surface area contributed by atoms with E-state index in [1.54, 1.807) is 18.2 Å². The van der Waals surface area contributed by atoms with Crippen LogP contribution in [0.4, 0.5) is 5.69 Å². The lowest BCUT2D eigenvalue weighted by molar-refractivity contribution is -0.111. The summed E-state index contributed by atoms with van der Waals surface area (Å²) in [5.74, 6) is -0.889. The Morgan fingerprint density at radius 2 is 2.00 bits per heavy atom. The van der Waals surface area contributed by atoms with Crippen molar-refractivity contribution in [3.05, 3.63) is 52.9 Å². The van der Waals surface area contributed by atoms with E-state index < -0.39 is 5.97 Å². The first kappa shape index (κ1) is 15.3. The molecule has 1 heterocycles. The van der Waals surface area contributed by atoms with Gasteiger partial charge in [0.1, 0.15) is 4.88 Å². The molecule has 21 heavy (non-hydrogen) atoms. The Hall–Kier alpha value is -2.11. The quantitative estimate of drug-likeness (QED) is 0.684. The number of benzene rings is 1. The fourth-order valence-electron chi connectivity index (χ4n) is 1.67. The molecule has 0 spiro atoms. The summed E-state index contributed by atoms with van der Waals surface area (Å²) >= 11 is 7.09. The number of nitrogens with one attached hydrogen (secondary N) is 1. The van der Waals surface area contributed by atoms with Gasteiger partial charge in [0.25, 0.3) is 0 Å². The predicted molar refractivity (Wildman–Crippen MR) is 84.9 cm³/mol. The second-order valence-electron chi connectivity index (χ2n) is 4.05. The van der Waals surface area contributed by atoms with Crippen LogP contribution in [0.3, 0.4) is 0 Å². The molecule has 0 saturated carbocycles. The van der Waals surface area contributed by atoms with Crippen molar-refractivity contribution >= 4 is 40.5 Å². The molecule has 0 fully saturated rings. The molecule has 6 heteroatoms. The van der Waals surface area contributed by atoms with Crippen LogP contribution in [0.1, 0.15) is 9.67 Å². The number of carbonyl (C=O) groups excluding carboxylic acids is 2. The van der Waals surface area contributed by atoms with Gasteiger partial charge in [-0.15, -0.1) is 11.3 Å². The van der Waals surface area contributed by atoms with E-state index >= 15 is 0 Å². The fraction of sp³-hybridized carbons (Fsp3) is 0.0667. The van der Waals surface area contributed by atoms with Crippen molar-refractivity contribution in [1.29, 1.82) is 0 Å². The Morgan fingerprint density at radius 3 is 2.57 bits per heavy atom. The summed E-state index contributed by atoms with van der Waals surface area (Å²) in [5.41, 5.74) is 1.30. The van der Waals surface area contributed by atoms with Crippen LogP contribution < -0.4 is 5.32 Å². The summed E-state index contributed by atoms with van der Waals surface area (Å²) < 4.78 is 4.73. The molecule has 0 atom stereocenters. The molecule has 2 aromatic rings. The third-order valence-electron chi connectivity index (χ3n) is 2.67. The number of amides is 1. The van der Waals surface area contributed by atoms with Crippen LogP contribution in [0.2, 0.25) is 5.02 Å². The van der Waals surface area contributed by atoms with Crippen molar-refractivity contribution in [3.8, 4) is 10.4 Å². The van der Waals surface area contributed by atoms with E-state index in [2.05, 4.69) is 11.9 Å². The van der Waals surface area contributed by atoms with Crippen molar-refractivity contribution in [2.24, 2.45) is 0 Å². The van der Waals surface area contributed by atoms with E-state index in [9.17, 15) is 9.59 Å². The molecule has 0 aliphatic rings. The molecule has 0 unspecified atom stereocenters. The van der Waals surface area contributed by atoms with Crippen LogP contribution in [0, 0.1) is 0 Å².